The maximum Gasteiger partial charge on any atom is 0.103 e. The number of rotatable bonds is 6. The minimum absolute atomic E-state index is 0.652. The van der Waals surface area contributed by atoms with E-state index < -0.39 is 0 Å². The molecule has 1 aromatic heterocycles. The molecule has 0 amide bonds. The number of hydrogen-bond donors (Lipinski definition) is 1. The van der Waals surface area contributed by atoms with E-state index in [1.165, 1.54) is 35.7 Å². The summed E-state index contributed by atoms with van der Waals surface area (Å²) in [5.41, 5.74) is 1.40. The van der Waals surface area contributed by atoms with Crippen LogP contribution in [0.2, 0.25) is 0 Å². The van der Waals surface area contributed by atoms with Crippen molar-refractivity contribution in [3.05, 3.63) is 15.6 Å². The van der Waals surface area contributed by atoms with Crippen LogP contribution in [-0.2, 0) is 12.2 Å². The Balaban J connectivity index is 1.98. The molecule has 18 heavy (non-hydrogen) atoms. The first-order valence-electron chi connectivity index (χ1n) is 6.91. The Labute approximate surface area is 119 Å². The van der Waals surface area contributed by atoms with Crippen LogP contribution >= 0.6 is 23.1 Å². The monoisotopic (exact) mass is 284 g/mol. The van der Waals surface area contributed by atoms with Gasteiger partial charge in [-0.3, -0.25) is 0 Å². The Hall–Kier alpha value is -0.0600. The zero-order chi connectivity index (χ0) is 13.0. The maximum atomic E-state index is 4.91. The zero-order valence-electron chi connectivity index (χ0n) is 11.7. The highest BCUT2D eigenvalue weighted by atomic mass is 32.2. The van der Waals surface area contributed by atoms with Crippen molar-refractivity contribution in [2.24, 2.45) is 5.92 Å². The Morgan fingerprint density at radius 2 is 2.33 bits per heavy atom. The first-order chi connectivity index (χ1) is 8.70. The third-order valence-electron chi connectivity index (χ3n) is 3.24. The van der Waals surface area contributed by atoms with Crippen molar-refractivity contribution in [3.63, 3.8) is 0 Å². The number of thiazole rings is 1. The summed E-state index contributed by atoms with van der Waals surface area (Å²) in [5.74, 6) is 3.77. The number of nitrogens with one attached hydrogen (secondary N) is 1. The molecule has 1 aromatic rings. The van der Waals surface area contributed by atoms with Gasteiger partial charge >= 0.3 is 0 Å². The summed E-state index contributed by atoms with van der Waals surface area (Å²) in [5, 5.41) is 4.65. The van der Waals surface area contributed by atoms with Crippen LogP contribution in [0.5, 0.6) is 0 Å². The highest BCUT2D eigenvalue weighted by Crippen LogP contribution is 2.35. The lowest BCUT2D eigenvalue weighted by atomic mass is 9.91. The summed E-state index contributed by atoms with van der Waals surface area (Å²) >= 11 is 3.98. The number of aryl methyl sites for hydroxylation is 1. The lowest BCUT2D eigenvalue weighted by molar-refractivity contribution is 0.522. The molecular formula is C14H24N2S2. The summed E-state index contributed by atoms with van der Waals surface area (Å²) in [4.78, 5) is 6.46. The second kappa shape index (κ2) is 6.92. The lowest BCUT2D eigenvalue weighted by Gasteiger charge is -2.20. The van der Waals surface area contributed by atoms with Crippen molar-refractivity contribution >= 4 is 23.1 Å². The van der Waals surface area contributed by atoms with Crippen molar-refractivity contribution in [2.75, 3.05) is 19.3 Å². The molecule has 0 radical (unpaired) electrons. The van der Waals surface area contributed by atoms with Crippen LogP contribution in [0, 0.1) is 5.92 Å². The molecule has 0 bridgehead atoms. The topological polar surface area (TPSA) is 24.9 Å². The molecule has 1 N–H and O–H groups in total. The Morgan fingerprint density at radius 3 is 3.06 bits per heavy atom. The summed E-state index contributed by atoms with van der Waals surface area (Å²) in [6.45, 7) is 5.64. The van der Waals surface area contributed by atoms with E-state index in [9.17, 15) is 0 Å². The van der Waals surface area contributed by atoms with Gasteiger partial charge in [-0.2, -0.15) is 11.8 Å². The minimum Gasteiger partial charge on any atom is -0.319 e. The van der Waals surface area contributed by atoms with E-state index >= 15 is 0 Å². The Bertz CT molecular complexity index is 374. The second-order valence-corrected chi connectivity index (χ2v) is 7.67. The van der Waals surface area contributed by atoms with E-state index in [1.54, 1.807) is 4.88 Å². The Morgan fingerprint density at radius 1 is 1.50 bits per heavy atom. The smallest absolute Gasteiger partial charge is 0.103 e. The molecule has 2 nitrogen and oxygen atoms in total. The van der Waals surface area contributed by atoms with Crippen molar-refractivity contribution in [2.45, 2.75) is 44.8 Å². The summed E-state index contributed by atoms with van der Waals surface area (Å²) in [6.07, 6.45) is 3.89. The van der Waals surface area contributed by atoms with Gasteiger partial charge in [-0.15, -0.1) is 11.3 Å². The molecule has 1 aliphatic rings. The van der Waals surface area contributed by atoms with E-state index in [-0.39, 0.29) is 0 Å². The van der Waals surface area contributed by atoms with Gasteiger partial charge in [-0.1, -0.05) is 13.8 Å². The molecule has 1 heterocycles. The summed E-state index contributed by atoms with van der Waals surface area (Å²) in [7, 11) is 2.04. The van der Waals surface area contributed by atoms with Gasteiger partial charge in [0.25, 0.3) is 0 Å². The average Bonchev–Trinajstić information content (AvgIpc) is 2.73. The molecule has 0 spiro atoms. The van der Waals surface area contributed by atoms with Crippen LogP contribution in [0.4, 0.5) is 0 Å². The molecule has 2 rings (SSSR count). The second-order valence-electron chi connectivity index (χ2n) is 5.47. The summed E-state index contributed by atoms with van der Waals surface area (Å²) < 4.78 is 0. The molecule has 102 valence electrons. The number of aromatic nitrogens is 1. The number of fused-ring (bicyclic) bond motifs is 1. The molecule has 0 aliphatic heterocycles. The third kappa shape index (κ3) is 3.72. The first kappa shape index (κ1) is 14.4. The molecular weight excluding hydrogens is 260 g/mol. The summed E-state index contributed by atoms with van der Waals surface area (Å²) in [6, 6.07) is 0. The predicted molar refractivity (Wildman–Crippen MR) is 82.7 cm³/mol. The van der Waals surface area contributed by atoms with E-state index in [0.29, 0.717) is 5.92 Å². The average molecular weight is 284 g/mol. The third-order valence-corrected chi connectivity index (χ3v) is 5.94. The molecule has 1 unspecified atom stereocenters. The molecule has 1 atom stereocenters. The van der Waals surface area contributed by atoms with E-state index in [0.717, 1.165) is 18.2 Å². The minimum atomic E-state index is 0.652. The molecule has 0 saturated carbocycles. The highest BCUT2D eigenvalue weighted by molar-refractivity contribution is 7.98. The number of thioether (sulfide) groups is 1. The molecule has 0 fully saturated rings. The van der Waals surface area contributed by atoms with Crippen LogP contribution in [-0.4, -0.2) is 24.3 Å². The predicted octanol–water partition coefficient (Wildman–Crippen LogP) is 3.67. The highest BCUT2D eigenvalue weighted by Gasteiger charge is 2.23. The zero-order valence-corrected chi connectivity index (χ0v) is 13.3. The Kier molecular flexibility index (Phi) is 5.52. The molecule has 4 heteroatoms. The van der Waals surface area contributed by atoms with E-state index in [2.05, 4.69) is 19.2 Å². The fourth-order valence-electron chi connectivity index (χ4n) is 2.45. The van der Waals surface area contributed by atoms with Crippen molar-refractivity contribution in [1.29, 1.82) is 0 Å². The van der Waals surface area contributed by atoms with Gasteiger partial charge in [-0.25, -0.2) is 4.98 Å². The van der Waals surface area contributed by atoms with Crippen molar-refractivity contribution in [3.8, 4) is 0 Å². The maximum absolute atomic E-state index is 4.91. The largest absolute Gasteiger partial charge is 0.319 e. The molecule has 0 aromatic carbocycles. The van der Waals surface area contributed by atoms with Crippen molar-refractivity contribution < 1.29 is 0 Å². The number of nitrogens with zero attached hydrogens (tertiary/aromatic N) is 1. The quantitative estimate of drug-likeness (QED) is 0.863. The van der Waals surface area contributed by atoms with Crippen LogP contribution in [0.3, 0.4) is 0 Å². The van der Waals surface area contributed by atoms with Gasteiger partial charge < -0.3 is 5.32 Å². The first-order valence-corrected chi connectivity index (χ1v) is 8.88. The van der Waals surface area contributed by atoms with Gasteiger partial charge in [0.05, 0.1) is 5.69 Å². The van der Waals surface area contributed by atoms with Gasteiger partial charge in [0, 0.05) is 23.1 Å². The van der Waals surface area contributed by atoms with Gasteiger partial charge in [0.2, 0.25) is 0 Å². The van der Waals surface area contributed by atoms with Crippen LogP contribution in [0.25, 0.3) is 0 Å². The SMILES string of the molecule is CNCC1CCCc2sc(CSCC(C)C)nc21. The van der Waals surface area contributed by atoms with Crippen LogP contribution in [0.15, 0.2) is 0 Å². The van der Waals surface area contributed by atoms with Crippen LogP contribution < -0.4 is 5.32 Å². The van der Waals surface area contributed by atoms with E-state index in [1.807, 2.05) is 30.1 Å². The van der Waals surface area contributed by atoms with Gasteiger partial charge in [-0.05, 0) is 38.0 Å². The van der Waals surface area contributed by atoms with Crippen molar-refractivity contribution in [1.82, 2.24) is 10.3 Å². The fourth-order valence-corrected chi connectivity index (χ4v) is 4.75. The fraction of sp³-hybridized carbons (Fsp3) is 0.786. The lowest BCUT2D eigenvalue weighted by Crippen LogP contribution is -2.21. The molecule has 0 saturated heterocycles. The van der Waals surface area contributed by atoms with Crippen LogP contribution in [0.1, 0.15) is 48.2 Å². The van der Waals surface area contributed by atoms with Gasteiger partial charge in [0.1, 0.15) is 5.01 Å². The molecule has 1 aliphatic carbocycles. The number of hydrogen-bond acceptors (Lipinski definition) is 4. The van der Waals surface area contributed by atoms with E-state index in [4.69, 9.17) is 4.98 Å². The normalized spacial score (nSPS) is 19.2. The van der Waals surface area contributed by atoms with Gasteiger partial charge in [0.15, 0.2) is 0 Å². The standard InChI is InChI=1S/C14H24N2S2/c1-10(2)8-17-9-13-16-14-11(7-15-3)5-4-6-12(14)18-13/h10-11,15H,4-9H2,1-3H3. The number of likely N-dealkylation sites (N-methyl/N-ethyl adjacent to an activating group) is 1.